The molecule has 1 heterocycles. The van der Waals surface area contributed by atoms with Gasteiger partial charge in [-0.3, -0.25) is 4.79 Å². The Hall–Kier alpha value is -1.83. The minimum Gasteiger partial charge on any atom is -0.480 e. The predicted molar refractivity (Wildman–Crippen MR) is 76.7 cm³/mol. The van der Waals surface area contributed by atoms with Crippen LogP contribution in [0.2, 0.25) is 0 Å². The summed E-state index contributed by atoms with van der Waals surface area (Å²) < 4.78 is 0. The Morgan fingerprint density at radius 2 is 2.14 bits per heavy atom. The van der Waals surface area contributed by atoms with Crippen molar-refractivity contribution in [3.8, 4) is 0 Å². The highest BCUT2D eigenvalue weighted by Gasteiger charge is 2.26. The first kappa shape index (κ1) is 17.2. The number of hydrogen-bond acceptors (Lipinski definition) is 4. The van der Waals surface area contributed by atoms with E-state index in [1.807, 2.05) is 7.05 Å². The summed E-state index contributed by atoms with van der Waals surface area (Å²) in [6, 6.07) is -1.25. The molecule has 0 aliphatic carbocycles. The van der Waals surface area contributed by atoms with Gasteiger partial charge in [0, 0.05) is 26.1 Å². The van der Waals surface area contributed by atoms with Gasteiger partial charge in [0.25, 0.3) is 0 Å². The average molecular weight is 300 g/mol. The van der Waals surface area contributed by atoms with Crippen LogP contribution in [-0.4, -0.2) is 72.1 Å². The normalized spacial score (nSPS) is 20.0. The molecule has 8 heteroatoms. The number of nitrogens with two attached hydrogens (primary N) is 1. The first-order chi connectivity index (χ1) is 9.81. The summed E-state index contributed by atoms with van der Waals surface area (Å²) in [6.07, 6.45) is 2.05. The van der Waals surface area contributed by atoms with Crippen LogP contribution in [0.5, 0.6) is 0 Å². The molecule has 0 aromatic carbocycles. The van der Waals surface area contributed by atoms with Gasteiger partial charge in [-0.1, -0.05) is 0 Å². The number of nitrogens with one attached hydrogen (secondary N) is 1. The van der Waals surface area contributed by atoms with Crippen LogP contribution >= 0.6 is 0 Å². The second kappa shape index (κ2) is 7.82. The van der Waals surface area contributed by atoms with E-state index in [1.165, 1.54) is 4.90 Å². The summed E-state index contributed by atoms with van der Waals surface area (Å²) in [6.45, 7) is 1.56. The SMILES string of the molecule is CN(CC1CCCN1C)C(=O)NC(CCC(N)=O)C(=O)O. The van der Waals surface area contributed by atoms with Gasteiger partial charge >= 0.3 is 12.0 Å². The van der Waals surface area contributed by atoms with Crippen LogP contribution in [0.25, 0.3) is 0 Å². The molecule has 1 saturated heterocycles. The molecular formula is C13H24N4O4. The number of likely N-dealkylation sites (tertiary alicyclic amines) is 1. The Morgan fingerprint density at radius 1 is 1.48 bits per heavy atom. The third-order valence-electron chi connectivity index (χ3n) is 3.78. The zero-order valence-corrected chi connectivity index (χ0v) is 12.5. The van der Waals surface area contributed by atoms with Crippen molar-refractivity contribution in [1.29, 1.82) is 0 Å². The van der Waals surface area contributed by atoms with Gasteiger partial charge < -0.3 is 26.0 Å². The lowest BCUT2D eigenvalue weighted by molar-refractivity contribution is -0.139. The number of carbonyl (C=O) groups is 3. The maximum atomic E-state index is 12.0. The van der Waals surface area contributed by atoms with Crippen LogP contribution in [0.1, 0.15) is 25.7 Å². The van der Waals surface area contributed by atoms with E-state index in [4.69, 9.17) is 10.8 Å². The van der Waals surface area contributed by atoms with Gasteiger partial charge in [-0.2, -0.15) is 0 Å². The Labute approximate surface area is 124 Å². The first-order valence-corrected chi connectivity index (χ1v) is 7.04. The van der Waals surface area contributed by atoms with Crippen LogP contribution in [0.3, 0.4) is 0 Å². The van der Waals surface area contributed by atoms with Gasteiger partial charge in [-0.05, 0) is 32.9 Å². The molecule has 0 aromatic rings. The lowest BCUT2D eigenvalue weighted by Crippen LogP contribution is -2.49. The van der Waals surface area contributed by atoms with Crippen molar-refractivity contribution in [3.63, 3.8) is 0 Å². The Bertz CT molecular complexity index is 402. The molecule has 0 bridgehead atoms. The number of nitrogens with zero attached hydrogens (tertiary/aromatic N) is 2. The van der Waals surface area contributed by atoms with Gasteiger partial charge in [-0.25, -0.2) is 9.59 Å². The molecule has 1 aliphatic heterocycles. The second-order valence-corrected chi connectivity index (χ2v) is 5.50. The molecule has 3 amide bonds. The predicted octanol–water partition coefficient (Wildman–Crippen LogP) is -0.559. The van der Waals surface area contributed by atoms with Gasteiger partial charge in [0.1, 0.15) is 6.04 Å². The number of primary amides is 1. The quantitative estimate of drug-likeness (QED) is 0.583. The molecule has 2 unspecified atom stereocenters. The van der Waals surface area contributed by atoms with Crippen molar-refractivity contribution in [3.05, 3.63) is 0 Å². The minimum atomic E-state index is -1.17. The summed E-state index contributed by atoms with van der Waals surface area (Å²) in [5.74, 6) is -1.76. The van der Waals surface area contributed by atoms with Gasteiger partial charge in [-0.15, -0.1) is 0 Å². The van der Waals surface area contributed by atoms with Crippen molar-refractivity contribution in [2.75, 3.05) is 27.2 Å². The molecule has 1 fully saturated rings. The van der Waals surface area contributed by atoms with Crippen molar-refractivity contribution in [2.24, 2.45) is 5.73 Å². The first-order valence-electron chi connectivity index (χ1n) is 7.04. The van der Waals surface area contributed by atoms with Crippen molar-refractivity contribution in [2.45, 2.75) is 37.8 Å². The average Bonchev–Trinajstić information content (AvgIpc) is 2.79. The van der Waals surface area contributed by atoms with E-state index in [0.29, 0.717) is 12.6 Å². The smallest absolute Gasteiger partial charge is 0.326 e. The maximum Gasteiger partial charge on any atom is 0.326 e. The second-order valence-electron chi connectivity index (χ2n) is 5.50. The van der Waals surface area contributed by atoms with E-state index in [1.54, 1.807) is 7.05 Å². The fraction of sp³-hybridized carbons (Fsp3) is 0.769. The summed E-state index contributed by atoms with van der Waals surface area (Å²) in [5.41, 5.74) is 5.00. The Balaban J connectivity index is 2.47. The minimum absolute atomic E-state index is 0.00637. The highest BCUT2D eigenvalue weighted by Crippen LogP contribution is 2.15. The number of rotatable bonds is 7. The molecular weight excluding hydrogens is 276 g/mol. The largest absolute Gasteiger partial charge is 0.480 e. The third-order valence-corrected chi connectivity index (χ3v) is 3.78. The molecule has 8 nitrogen and oxygen atoms in total. The molecule has 120 valence electrons. The van der Waals surface area contributed by atoms with Gasteiger partial charge in [0.05, 0.1) is 0 Å². The van der Waals surface area contributed by atoms with E-state index in [9.17, 15) is 14.4 Å². The number of carbonyl (C=O) groups excluding carboxylic acids is 2. The number of aliphatic carboxylic acids is 1. The van der Waals surface area contributed by atoms with E-state index < -0.39 is 23.9 Å². The Kier molecular flexibility index (Phi) is 6.41. The number of carboxylic acid groups (broad SMARTS) is 1. The van der Waals surface area contributed by atoms with Crippen molar-refractivity contribution >= 4 is 17.9 Å². The standard InChI is InChI=1S/C13H24N4O4/c1-16-7-3-4-9(16)8-17(2)13(21)15-10(12(19)20)5-6-11(14)18/h9-10H,3-8H2,1-2H3,(H2,14,18)(H,15,21)(H,19,20). The lowest BCUT2D eigenvalue weighted by Gasteiger charge is -2.27. The van der Waals surface area contributed by atoms with Crippen LogP contribution in [0, 0.1) is 0 Å². The van der Waals surface area contributed by atoms with Crippen LogP contribution in [0.4, 0.5) is 4.79 Å². The van der Waals surface area contributed by atoms with Crippen LogP contribution in [0.15, 0.2) is 0 Å². The highest BCUT2D eigenvalue weighted by atomic mass is 16.4. The van der Waals surface area contributed by atoms with E-state index in [2.05, 4.69) is 10.2 Å². The molecule has 0 aromatic heterocycles. The monoisotopic (exact) mass is 300 g/mol. The van der Waals surface area contributed by atoms with E-state index in [-0.39, 0.29) is 12.8 Å². The Morgan fingerprint density at radius 3 is 2.62 bits per heavy atom. The fourth-order valence-electron chi connectivity index (χ4n) is 2.41. The lowest BCUT2D eigenvalue weighted by atomic mass is 10.1. The zero-order valence-electron chi connectivity index (χ0n) is 12.5. The van der Waals surface area contributed by atoms with Crippen LogP contribution in [-0.2, 0) is 9.59 Å². The summed E-state index contributed by atoms with van der Waals surface area (Å²) in [4.78, 5) is 37.5. The fourth-order valence-corrected chi connectivity index (χ4v) is 2.41. The molecule has 21 heavy (non-hydrogen) atoms. The molecule has 4 N–H and O–H groups in total. The number of carboxylic acids is 1. The van der Waals surface area contributed by atoms with Crippen molar-refractivity contribution in [1.82, 2.24) is 15.1 Å². The van der Waals surface area contributed by atoms with Crippen molar-refractivity contribution < 1.29 is 19.5 Å². The molecule has 1 rings (SSSR count). The number of amides is 3. The molecule has 1 aliphatic rings. The van der Waals surface area contributed by atoms with Gasteiger partial charge in [0.15, 0.2) is 0 Å². The van der Waals surface area contributed by atoms with E-state index >= 15 is 0 Å². The number of likely N-dealkylation sites (N-methyl/N-ethyl adjacent to an activating group) is 2. The topological polar surface area (TPSA) is 116 Å². The van der Waals surface area contributed by atoms with Gasteiger partial charge in [0.2, 0.25) is 5.91 Å². The molecule has 2 atom stereocenters. The highest BCUT2D eigenvalue weighted by molar-refractivity contribution is 5.83. The number of urea groups is 1. The zero-order chi connectivity index (χ0) is 16.0. The van der Waals surface area contributed by atoms with Crippen LogP contribution < -0.4 is 11.1 Å². The summed E-state index contributed by atoms with van der Waals surface area (Å²) in [5, 5.41) is 11.5. The maximum absolute atomic E-state index is 12.0. The molecule has 0 spiro atoms. The number of hydrogen-bond donors (Lipinski definition) is 3. The molecule has 0 saturated carbocycles. The summed E-state index contributed by atoms with van der Waals surface area (Å²) in [7, 11) is 3.64. The molecule has 0 radical (unpaired) electrons. The summed E-state index contributed by atoms with van der Waals surface area (Å²) >= 11 is 0. The third kappa shape index (κ3) is 5.58. The van der Waals surface area contributed by atoms with E-state index in [0.717, 1.165) is 19.4 Å².